The summed E-state index contributed by atoms with van der Waals surface area (Å²) in [5.41, 5.74) is -1.10. The lowest BCUT2D eigenvalue weighted by molar-refractivity contribution is -0.150. The summed E-state index contributed by atoms with van der Waals surface area (Å²) in [6.45, 7) is 0. The molecule has 0 heterocycles. The molecular weight excluding hydrogens is 144 g/mol. The van der Waals surface area contributed by atoms with Crippen LogP contribution in [0.2, 0.25) is 0 Å². The molecule has 1 fully saturated rings. The molecule has 0 aromatic heterocycles. The number of carbonyl (C=O) groups is 2. The molecule has 1 saturated carbocycles. The Morgan fingerprint density at radius 3 is 2.64 bits per heavy atom. The average molecular weight is 156 g/mol. The molecule has 0 aromatic carbocycles. The van der Waals surface area contributed by atoms with Gasteiger partial charge in [0.2, 0.25) is 0 Å². The largest absolute Gasteiger partial charge is 0.363 e. The van der Waals surface area contributed by atoms with Gasteiger partial charge >= 0.3 is 0 Å². The first-order valence-electron chi connectivity index (χ1n) is 3.80. The van der Waals surface area contributed by atoms with E-state index in [1.807, 2.05) is 0 Å². The smallest absolute Gasteiger partial charge is 0.180 e. The number of rotatable bonds is 2. The van der Waals surface area contributed by atoms with E-state index in [0.717, 1.165) is 12.8 Å². The molecule has 0 spiro atoms. The molecule has 0 N–H and O–H groups in total. The Morgan fingerprint density at radius 2 is 2.27 bits per heavy atom. The van der Waals surface area contributed by atoms with Gasteiger partial charge in [0, 0.05) is 13.5 Å². The highest BCUT2D eigenvalue weighted by molar-refractivity contribution is 6.02. The third-order valence-corrected chi connectivity index (χ3v) is 2.23. The maximum Gasteiger partial charge on any atom is 0.180 e. The van der Waals surface area contributed by atoms with Crippen LogP contribution in [0.15, 0.2) is 0 Å². The lowest BCUT2D eigenvalue weighted by atomic mass is 9.84. The highest BCUT2D eigenvalue weighted by Crippen LogP contribution is 2.25. The van der Waals surface area contributed by atoms with E-state index in [0.29, 0.717) is 19.1 Å². The van der Waals surface area contributed by atoms with Crippen LogP contribution in [0.3, 0.4) is 0 Å². The number of carbonyl (C=O) groups excluding carboxylic acids is 2. The molecule has 0 amide bonds. The first-order chi connectivity index (χ1) is 5.25. The van der Waals surface area contributed by atoms with Crippen molar-refractivity contribution in [1.29, 1.82) is 0 Å². The molecule has 0 aromatic rings. The fraction of sp³-hybridized carbons (Fsp3) is 0.750. The summed E-state index contributed by atoms with van der Waals surface area (Å²) in [4.78, 5) is 21.8. The number of ketones is 1. The van der Waals surface area contributed by atoms with E-state index in [9.17, 15) is 9.59 Å². The van der Waals surface area contributed by atoms with Crippen molar-refractivity contribution in [3.8, 4) is 0 Å². The SMILES string of the molecule is COC1(C=O)CCCCC1=O. The summed E-state index contributed by atoms with van der Waals surface area (Å²) in [6.07, 6.45) is 3.45. The van der Waals surface area contributed by atoms with Gasteiger partial charge in [-0.3, -0.25) is 9.59 Å². The third kappa shape index (κ3) is 1.33. The number of hydrogen-bond donors (Lipinski definition) is 0. The molecule has 62 valence electrons. The molecule has 3 nitrogen and oxygen atoms in total. The van der Waals surface area contributed by atoms with Crippen molar-refractivity contribution in [1.82, 2.24) is 0 Å². The lowest BCUT2D eigenvalue weighted by Crippen LogP contribution is -2.44. The van der Waals surface area contributed by atoms with Crippen LogP contribution in [-0.2, 0) is 14.3 Å². The van der Waals surface area contributed by atoms with E-state index in [4.69, 9.17) is 4.74 Å². The average Bonchev–Trinajstić information content (AvgIpc) is 2.06. The van der Waals surface area contributed by atoms with Gasteiger partial charge in [-0.25, -0.2) is 0 Å². The highest BCUT2D eigenvalue weighted by Gasteiger charge is 2.39. The normalized spacial score (nSPS) is 31.9. The molecule has 0 bridgehead atoms. The molecule has 0 saturated heterocycles. The Bertz CT molecular complexity index is 176. The Kier molecular flexibility index (Phi) is 2.39. The summed E-state index contributed by atoms with van der Waals surface area (Å²) in [5.74, 6) is -0.0683. The number of Topliss-reactive ketones (excluding diaryl/α,β-unsaturated/α-hetero) is 1. The number of methoxy groups -OCH3 is 1. The summed E-state index contributed by atoms with van der Waals surface area (Å²) in [5, 5.41) is 0. The van der Waals surface area contributed by atoms with Gasteiger partial charge < -0.3 is 4.74 Å². The molecule has 1 aliphatic rings. The first-order valence-corrected chi connectivity index (χ1v) is 3.80. The van der Waals surface area contributed by atoms with E-state index in [2.05, 4.69) is 0 Å². The summed E-state index contributed by atoms with van der Waals surface area (Å²) < 4.78 is 4.92. The molecule has 1 atom stereocenters. The maximum absolute atomic E-state index is 11.2. The minimum absolute atomic E-state index is 0.0683. The van der Waals surface area contributed by atoms with Gasteiger partial charge in [0.05, 0.1) is 0 Å². The van der Waals surface area contributed by atoms with E-state index < -0.39 is 5.60 Å². The van der Waals surface area contributed by atoms with Crippen LogP contribution in [0.5, 0.6) is 0 Å². The Morgan fingerprint density at radius 1 is 1.55 bits per heavy atom. The van der Waals surface area contributed by atoms with Crippen molar-refractivity contribution in [2.75, 3.05) is 7.11 Å². The molecule has 1 rings (SSSR count). The van der Waals surface area contributed by atoms with E-state index in [1.54, 1.807) is 0 Å². The van der Waals surface area contributed by atoms with Gasteiger partial charge in [-0.2, -0.15) is 0 Å². The van der Waals surface area contributed by atoms with E-state index >= 15 is 0 Å². The number of ether oxygens (including phenoxy) is 1. The molecule has 0 radical (unpaired) electrons. The van der Waals surface area contributed by atoms with Crippen molar-refractivity contribution in [2.24, 2.45) is 0 Å². The fourth-order valence-electron chi connectivity index (χ4n) is 1.41. The monoisotopic (exact) mass is 156 g/mol. The zero-order valence-electron chi connectivity index (χ0n) is 6.63. The molecular formula is C8H12O3. The second-order valence-electron chi connectivity index (χ2n) is 2.84. The Hall–Kier alpha value is -0.700. The lowest BCUT2D eigenvalue weighted by Gasteiger charge is -2.28. The second-order valence-corrected chi connectivity index (χ2v) is 2.84. The highest BCUT2D eigenvalue weighted by atomic mass is 16.5. The summed E-state index contributed by atoms with van der Waals surface area (Å²) in [7, 11) is 1.41. The van der Waals surface area contributed by atoms with Gasteiger partial charge in [0.25, 0.3) is 0 Å². The van der Waals surface area contributed by atoms with Gasteiger partial charge in [-0.1, -0.05) is 0 Å². The van der Waals surface area contributed by atoms with Crippen molar-refractivity contribution in [2.45, 2.75) is 31.3 Å². The second kappa shape index (κ2) is 3.13. The molecule has 1 unspecified atom stereocenters. The summed E-state index contributed by atoms with van der Waals surface area (Å²) in [6, 6.07) is 0. The minimum Gasteiger partial charge on any atom is -0.363 e. The quantitative estimate of drug-likeness (QED) is 0.437. The topological polar surface area (TPSA) is 43.4 Å². The van der Waals surface area contributed by atoms with Gasteiger partial charge in [0.15, 0.2) is 17.7 Å². The number of hydrogen-bond acceptors (Lipinski definition) is 3. The van der Waals surface area contributed by atoms with Crippen LogP contribution < -0.4 is 0 Å². The molecule has 11 heavy (non-hydrogen) atoms. The molecule has 0 aliphatic heterocycles. The molecule has 3 heteroatoms. The van der Waals surface area contributed by atoms with Crippen molar-refractivity contribution in [3.63, 3.8) is 0 Å². The standard InChI is InChI=1S/C8H12O3/c1-11-8(6-9)5-3-2-4-7(8)10/h6H,2-5H2,1H3. The third-order valence-electron chi connectivity index (χ3n) is 2.23. The first kappa shape index (κ1) is 8.40. The van der Waals surface area contributed by atoms with Crippen LogP contribution >= 0.6 is 0 Å². The van der Waals surface area contributed by atoms with Crippen LogP contribution in [-0.4, -0.2) is 24.8 Å². The predicted octanol–water partition coefficient (Wildman–Crippen LogP) is 0.714. The van der Waals surface area contributed by atoms with E-state index in [1.165, 1.54) is 7.11 Å². The predicted molar refractivity (Wildman–Crippen MR) is 39.3 cm³/mol. The minimum atomic E-state index is -1.10. The van der Waals surface area contributed by atoms with Gasteiger partial charge in [-0.05, 0) is 19.3 Å². The summed E-state index contributed by atoms with van der Waals surface area (Å²) >= 11 is 0. The fourth-order valence-corrected chi connectivity index (χ4v) is 1.41. The van der Waals surface area contributed by atoms with Crippen LogP contribution in [0.25, 0.3) is 0 Å². The maximum atomic E-state index is 11.2. The van der Waals surface area contributed by atoms with Crippen LogP contribution in [0.1, 0.15) is 25.7 Å². The zero-order chi connectivity index (χ0) is 8.32. The zero-order valence-corrected chi connectivity index (χ0v) is 6.63. The Balaban J connectivity index is 2.77. The van der Waals surface area contributed by atoms with Crippen molar-refractivity contribution in [3.05, 3.63) is 0 Å². The van der Waals surface area contributed by atoms with Gasteiger partial charge in [0.1, 0.15) is 0 Å². The number of aldehydes is 1. The van der Waals surface area contributed by atoms with Crippen molar-refractivity contribution < 1.29 is 14.3 Å². The van der Waals surface area contributed by atoms with Gasteiger partial charge in [-0.15, -0.1) is 0 Å². The Labute approximate surface area is 65.7 Å². The van der Waals surface area contributed by atoms with Crippen LogP contribution in [0, 0.1) is 0 Å². The van der Waals surface area contributed by atoms with E-state index in [-0.39, 0.29) is 5.78 Å². The van der Waals surface area contributed by atoms with Crippen LogP contribution in [0.4, 0.5) is 0 Å². The van der Waals surface area contributed by atoms with Crippen molar-refractivity contribution >= 4 is 12.1 Å². The molecule has 1 aliphatic carbocycles.